The van der Waals surface area contributed by atoms with Crippen molar-refractivity contribution in [3.63, 3.8) is 0 Å². The van der Waals surface area contributed by atoms with Gasteiger partial charge in [-0.1, -0.05) is 18.2 Å². The molecule has 0 saturated carbocycles. The summed E-state index contributed by atoms with van der Waals surface area (Å²) in [6.45, 7) is 5.70. The molecule has 2 heterocycles. The van der Waals surface area contributed by atoms with Gasteiger partial charge in [-0.05, 0) is 68.7 Å². The maximum absolute atomic E-state index is 13.8. The van der Waals surface area contributed by atoms with E-state index in [9.17, 15) is 14.0 Å². The van der Waals surface area contributed by atoms with E-state index in [4.69, 9.17) is 0 Å². The van der Waals surface area contributed by atoms with Gasteiger partial charge in [0.25, 0.3) is 5.56 Å². The number of fused-ring (bicyclic) bond motifs is 1. The lowest BCUT2D eigenvalue weighted by Crippen LogP contribution is -2.25. The fourth-order valence-electron chi connectivity index (χ4n) is 4.14. The standard InChI is InChI=1S/C25H25FN4O2/c1-15-7-5-9-19(13-15)27-22(31)12-11-21-16(2)23-17(3)28-30(24(23)29(4)25(21)32)20-10-6-8-18(26)14-20/h5-10,13-14H,11-12H2,1-4H3,(H,27,31). The second kappa shape index (κ2) is 8.42. The van der Waals surface area contributed by atoms with Crippen molar-refractivity contribution in [2.24, 2.45) is 7.05 Å². The highest BCUT2D eigenvalue weighted by Gasteiger charge is 2.20. The summed E-state index contributed by atoms with van der Waals surface area (Å²) >= 11 is 0. The molecule has 0 bridgehead atoms. The Kier molecular flexibility index (Phi) is 5.65. The molecule has 6 nitrogen and oxygen atoms in total. The van der Waals surface area contributed by atoms with E-state index in [0.717, 1.165) is 27.9 Å². The van der Waals surface area contributed by atoms with Gasteiger partial charge in [-0.25, -0.2) is 9.07 Å². The molecule has 7 heteroatoms. The van der Waals surface area contributed by atoms with Crippen molar-refractivity contribution in [2.45, 2.75) is 33.6 Å². The Balaban J connectivity index is 1.69. The quantitative estimate of drug-likeness (QED) is 0.510. The Morgan fingerprint density at radius 3 is 2.56 bits per heavy atom. The minimum Gasteiger partial charge on any atom is -0.326 e. The molecular formula is C25H25FN4O2. The molecule has 0 unspecified atom stereocenters. The van der Waals surface area contributed by atoms with Crippen LogP contribution >= 0.6 is 0 Å². The van der Waals surface area contributed by atoms with Crippen LogP contribution in [0.15, 0.2) is 53.3 Å². The van der Waals surface area contributed by atoms with Crippen molar-refractivity contribution in [2.75, 3.05) is 5.32 Å². The van der Waals surface area contributed by atoms with E-state index in [1.807, 2.05) is 45.0 Å². The van der Waals surface area contributed by atoms with E-state index < -0.39 is 0 Å². The van der Waals surface area contributed by atoms with Gasteiger partial charge in [0.05, 0.1) is 11.4 Å². The van der Waals surface area contributed by atoms with Crippen molar-refractivity contribution >= 4 is 22.6 Å². The Labute approximate surface area is 185 Å². The number of hydrogen-bond donors (Lipinski definition) is 1. The van der Waals surface area contributed by atoms with E-state index in [0.29, 0.717) is 23.3 Å². The normalized spacial score (nSPS) is 11.2. The van der Waals surface area contributed by atoms with Crippen LogP contribution < -0.4 is 10.9 Å². The first-order valence-corrected chi connectivity index (χ1v) is 10.5. The Hall–Kier alpha value is -3.74. The summed E-state index contributed by atoms with van der Waals surface area (Å²) in [5.41, 5.74) is 4.88. The number of nitrogens with zero attached hydrogens (tertiary/aromatic N) is 3. The van der Waals surface area contributed by atoms with E-state index in [2.05, 4.69) is 10.4 Å². The van der Waals surface area contributed by atoms with E-state index in [-0.39, 0.29) is 23.7 Å². The summed E-state index contributed by atoms with van der Waals surface area (Å²) < 4.78 is 16.9. The molecule has 0 aliphatic heterocycles. The molecule has 1 amide bonds. The molecule has 0 radical (unpaired) electrons. The number of pyridine rings is 1. The van der Waals surface area contributed by atoms with Crippen molar-refractivity contribution in [3.05, 3.63) is 87.1 Å². The number of amides is 1. The highest BCUT2D eigenvalue weighted by Crippen LogP contribution is 2.26. The average molecular weight is 432 g/mol. The third kappa shape index (κ3) is 3.93. The van der Waals surface area contributed by atoms with E-state index >= 15 is 0 Å². The van der Waals surface area contributed by atoms with Gasteiger partial charge >= 0.3 is 0 Å². The first-order chi connectivity index (χ1) is 15.3. The van der Waals surface area contributed by atoms with E-state index in [1.54, 1.807) is 23.9 Å². The first-order valence-electron chi connectivity index (χ1n) is 10.5. The molecule has 0 aliphatic carbocycles. The fraction of sp³-hybridized carbons (Fsp3) is 0.240. The number of nitrogens with one attached hydrogen (secondary N) is 1. The van der Waals surface area contributed by atoms with Gasteiger partial charge in [0.2, 0.25) is 5.91 Å². The zero-order valence-corrected chi connectivity index (χ0v) is 18.6. The van der Waals surface area contributed by atoms with Crippen LogP contribution in [-0.2, 0) is 18.3 Å². The topological polar surface area (TPSA) is 68.9 Å². The minimum absolute atomic E-state index is 0.149. The molecule has 0 spiro atoms. The molecule has 0 fully saturated rings. The lowest BCUT2D eigenvalue weighted by molar-refractivity contribution is -0.116. The molecule has 0 saturated heterocycles. The number of anilines is 1. The summed E-state index contributed by atoms with van der Waals surface area (Å²) in [4.78, 5) is 25.7. The SMILES string of the molecule is Cc1cccc(NC(=O)CCc2c(C)c3c(C)nn(-c4cccc(F)c4)c3n(C)c2=O)c1. The predicted octanol–water partition coefficient (Wildman–Crippen LogP) is 4.36. The molecule has 0 atom stereocenters. The second-order valence-electron chi connectivity index (χ2n) is 8.06. The fourth-order valence-corrected chi connectivity index (χ4v) is 4.14. The number of aromatic nitrogens is 3. The smallest absolute Gasteiger partial charge is 0.255 e. The third-order valence-corrected chi connectivity index (χ3v) is 5.70. The lowest BCUT2D eigenvalue weighted by Gasteiger charge is -2.13. The number of carbonyl (C=O) groups excluding carboxylic acids is 1. The number of benzene rings is 2. The van der Waals surface area contributed by atoms with Crippen molar-refractivity contribution in [1.29, 1.82) is 0 Å². The first kappa shape index (κ1) is 21.5. The van der Waals surface area contributed by atoms with Gasteiger partial charge in [0, 0.05) is 30.1 Å². The number of rotatable bonds is 5. The molecule has 4 rings (SSSR count). The molecular weight excluding hydrogens is 407 g/mol. The monoisotopic (exact) mass is 432 g/mol. The summed E-state index contributed by atoms with van der Waals surface area (Å²) in [5.74, 6) is -0.522. The van der Waals surface area contributed by atoms with Gasteiger partial charge in [0.1, 0.15) is 11.5 Å². The Bertz CT molecular complexity index is 1400. The molecule has 164 valence electrons. The minimum atomic E-state index is -0.373. The Morgan fingerprint density at radius 2 is 1.84 bits per heavy atom. The third-order valence-electron chi connectivity index (χ3n) is 5.70. The maximum Gasteiger partial charge on any atom is 0.255 e. The number of aryl methyl sites for hydroxylation is 4. The number of halogens is 1. The van der Waals surface area contributed by atoms with E-state index in [1.165, 1.54) is 16.7 Å². The second-order valence-corrected chi connectivity index (χ2v) is 8.06. The summed E-state index contributed by atoms with van der Waals surface area (Å²) in [6.07, 6.45) is 0.503. The molecule has 32 heavy (non-hydrogen) atoms. The Morgan fingerprint density at radius 1 is 1.09 bits per heavy atom. The number of hydrogen-bond acceptors (Lipinski definition) is 3. The van der Waals surface area contributed by atoms with Crippen LogP contribution in [0.25, 0.3) is 16.7 Å². The summed E-state index contributed by atoms with van der Waals surface area (Å²) in [7, 11) is 1.68. The van der Waals surface area contributed by atoms with Crippen LogP contribution in [0.4, 0.5) is 10.1 Å². The molecule has 2 aromatic carbocycles. The molecule has 4 aromatic rings. The highest BCUT2D eigenvalue weighted by molar-refractivity contribution is 5.91. The van der Waals surface area contributed by atoms with Crippen LogP contribution in [0, 0.1) is 26.6 Å². The van der Waals surface area contributed by atoms with Crippen molar-refractivity contribution in [3.8, 4) is 5.69 Å². The zero-order chi connectivity index (χ0) is 23.0. The van der Waals surface area contributed by atoms with Crippen LogP contribution in [-0.4, -0.2) is 20.3 Å². The van der Waals surface area contributed by atoms with Crippen molar-refractivity contribution < 1.29 is 9.18 Å². The largest absolute Gasteiger partial charge is 0.326 e. The molecule has 1 N–H and O–H groups in total. The van der Waals surface area contributed by atoms with Gasteiger partial charge in [-0.15, -0.1) is 0 Å². The van der Waals surface area contributed by atoms with Gasteiger partial charge in [-0.2, -0.15) is 5.10 Å². The molecule has 0 aliphatic rings. The van der Waals surface area contributed by atoms with Gasteiger partial charge in [0.15, 0.2) is 0 Å². The van der Waals surface area contributed by atoms with Crippen LogP contribution in [0.3, 0.4) is 0 Å². The van der Waals surface area contributed by atoms with Crippen LogP contribution in [0.5, 0.6) is 0 Å². The molecule has 2 aromatic heterocycles. The van der Waals surface area contributed by atoms with Gasteiger partial charge in [-0.3, -0.25) is 14.2 Å². The average Bonchev–Trinajstić information content (AvgIpc) is 3.09. The van der Waals surface area contributed by atoms with Gasteiger partial charge < -0.3 is 5.32 Å². The maximum atomic E-state index is 13.8. The van der Waals surface area contributed by atoms with Crippen LogP contribution in [0.1, 0.15) is 28.8 Å². The summed E-state index contributed by atoms with van der Waals surface area (Å²) in [5, 5.41) is 8.30. The summed E-state index contributed by atoms with van der Waals surface area (Å²) in [6, 6.07) is 13.7. The lowest BCUT2D eigenvalue weighted by atomic mass is 10.0. The highest BCUT2D eigenvalue weighted by atomic mass is 19.1. The van der Waals surface area contributed by atoms with Crippen LogP contribution in [0.2, 0.25) is 0 Å². The number of carbonyl (C=O) groups is 1. The predicted molar refractivity (Wildman–Crippen MR) is 124 cm³/mol. The zero-order valence-electron chi connectivity index (χ0n) is 18.6. The van der Waals surface area contributed by atoms with Crippen molar-refractivity contribution in [1.82, 2.24) is 14.3 Å².